The lowest BCUT2D eigenvalue weighted by molar-refractivity contribution is 0.0942. The highest BCUT2D eigenvalue weighted by atomic mass is 32.1. The van der Waals surface area contributed by atoms with Crippen molar-refractivity contribution in [1.29, 1.82) is 0 Å². The van der Waals surface area contributed by atoms with Gasteiger partial charge in [0.05, 0.1) is 11.6 Å². The molecule has 0 unspecified atom stereocenters. The van der Waals surface area contributed by atoms with Crippen LogP contribution in [0.15, 0.2) is 47.8 Å². The van der Waals surface area contributed by atoms with Crippen molar-refractivity contribution < 1.29 is 9.53 Å². The van der Waals surface area contributed by atoms with Crippen LogP contribution in [0.5, 0.6) is 5.88 Å². The summed E-state index contributed by atoms with van der Waals surface area (Å²) in [4.78, 5) is 16.1. The molecular weight excluding hydrogens is 364 g/mol. The van der Waals surface area contributed by atoms with Crippen LogP contribution < -0.4 is 10.1 Å². The summed E-state index contributed by atoms with van der Waals surface area (Å²) in [5.41, 5.74) is 1.97. The number of fused-ring (bicyclic) bond motifs is 1. The van der Waals surface area contributed by atoms with E-state index < -0.39 is 0 Å². The van der Waals surface area contributed by atoms with Gasteiger partial charge in [0.2, 0.25) is 5.88 Å². The molecule has 3 aromatic heterocycles. The Hall–Kier alpha value is -3.33. The number of thiazole rings is 1. The van der Waals surface area contributed by atoms with E-state index in [2.05, 4.69) is 25.6 Å². The van der Waals surface area contributed by atoms with Crippen molar-refractivity contribution in [2.24, 2.45) is 0 Å². The first-order valence-electron chi connectivity index (χ1n) is 8.32. The number of nitrogens with one attached hydrogen (secondary N) is 1. The maximum atomic E-state index is 12.0. The van der Waals surface area contributed by atoms with Crippen LogP contribution in [-0.4, -0.2) is 43.9 Å². The largest absolute Gasteiger partial charge is 0.475 e. The summed E-state index contributed by atoms with van der Waals surface area (Å²) in [5, 5.41) is 18.1. The Morgan fingerprint density at radius 1 is 1.19 bits per heavy atom. The lowest BCUT2D eigenvalue weighted by Crippen LogP contribution is -2.28. The molecule has 0 atom stereocenters. The standard InChI is InChI=1S/C18H16N6O2S/c1-12-20-14(11-27-12)18(25)19-9-10-26-16-8-7-15-21-22-17(24(15)23-16)13-5-3-2-4-6-13/h2-8,11H,9-10H2,1H3,(H,19,25). The molecule has 1 amide bonds. The Morgan fingerprint density at radius 2 is 2.04 bits per heavy atom. The summed E-state index contributed by atoms with van der Waals surface area (Å²) >= 11 is 1.44. The highest BCUT2D eigenvalue weighted by Gasteiger charge is 2.11. The van der Waals surface area contributed by atoms with Crippen molar-refractivity contribution in [2.75, 3.05) is 13.2 Å². The molecule has 9 heteroatoms. The van der Waals surface area contributed by atoms with Crippen LogP contribution in [0, 0.1) is 6.92 Å². The van der Waals surface area contributed by atoms with E-state index in [4.69, 9.17) is 4.74 Å². The first kappa shape index (κ1) is 17.1. The molecule has 0 fully saturated rings. The van der Waals surface area contributed by atoms with Gasteiger partial charge in [-0.15, -0.1) is 26.6 Å². The number of rotatable bonds is 6. The molecule has 0 saturated heterocycles. The van der Waals surface area contributed by atoms with Crippen molar-refractivity contribution in [3.05, 3.63) is 58.5 Å². The summed E-state index contributed by atoms with van der Waals surface area (Å²) < 4.78 is 7.29. The lowest BCUT2D eigenvalue weighted by atomic mass is 10.2. The second kappa shape index (κ2) is 7.50. The maximum Gasteiger partial charge on any atom is 0.270 e. The molecule has 1 N–H and O–H groups in total. The number of hydrogen-bond acceptors (Lipinski definition) is 7. The number of ether oxygens (including phenoxy) is 1. The quantitative estimate of drug-likeness (QED) is 0.516. The number of hydrogen-bond donors (Lipinski definition) is 1. The molecule has 8 nitrogen and oxygen atoms in total. The van der Waals surface area contributed by atoms with Crippen LogP contribution in [-0.2, 0) is 0 Å². The second-order valence-electron chi connectivity index (χ2n) is 5.69. The van der Waals surface area contributed by atoms with E-state index >= 15 is 0 Å². The summed E-state index contributed by atoms with van der Waals surface area (Å²) in [6.07, 6.45) is 0. The van der Waals surface area contributed by atoms with Crippen LogP contribution in [0.2, 0.25) is 0 Å². The smallest absolute Gasteiger partial charge is 0.270 e. The fourth-order valence-electron chi connectivity index (χ4n) is 2.49. The van der Waals surface area contributed by atoms with Crippen LogP contribution in [0.4, 0.5) is 0 Å². The van der Waals surface area contributed by atoms with Crippen molar-refractivity contribution in [1.82, 2.24) is 30.1 Å². The van der Waals surface area contributed by atoms with Crippen molar-refractivity contribution in [2.45, 2.75) is 6.92 Å². The number of carbonyl (C=O) groups is 1. The molecule has 0 aliphatic rings. The molecule has 0 radical (unpaired) electrons. The molecule has 0 bridgehead atoms. The monoisotopic (exact) mass is 380 g/mol. The highest BCUT2D eigenvalue weighted by Crippen LogP contribution is 2.18. The van der Waals surface area contributed by atoms with Gasteiger partial charge in [0, 0.05) is 17.0 Å². The highest BCUT2D eigenvalue weighted by molar-refractivity contribution is 7.09. The molecule has 3 heterocycles. The van der Waals surface area contributed by atoms with Crippen LogP contribution in [0.1, 0.15) is 15.5 Å². The number of aryl methyl sites for hydroxylation is 1. The van der Waals surface area contributed by atoms with Gasteiger partial charge in [-0.25, -0.2) is 4.98 Å². The first-order chi connectivity index (χ1) is 13.2. The SMILES string of the molecule is Cc1nc(C(=O)NCCOc2ccc3nnc(-c4ccccc4)n3n2)cs1. The number of nitrogens with zero attached hydrogens (tertiary/aromatic N) is 5. The van der Waals surface area contributed by atoms with Gasteiger partial charge in [-0.2, -0.15) is 4.52 Å². The van der Waals surface area contributed by atoms with E-state index in [-0.39, 0.29) is 12.5 Å². The molecular formula is C18H16N6O2S. The Balaban J connectivity index is 1.40. The fourth-order valence-corrected chi connectivity index (χ4v) is 3.09. The zero-order valence-corrected chi connectivity index (χ0v) is 15.3. The third kappa shape index (κ3) is 3.77. The molecule has 0 spiro atoms. The minimum absolute atomic E-state index is 0.212. The molecule has 0 aliphatic carbocycles. The average molecular weight is 380 g/mol. The van der Waals surface area contributed by atoms with Gasteiger partial charge in [-0.05, 0) is 13.0 Å². The zero-order chi connectivity index (χ0) is 18.6. The van der Waals surface area contributed by atoms with E-state index in [9.17, 15) is 4.79 Å². The maximum absolute atomic E-state index is 12.0. The molecule has 0 aliphatic heterocycles. The van der Waals surface area contributed by atoms with Crippen molar-refractivity contribution >= 4 is 22.9 Å². The van der Waals surface area contributed by atoms with Crippen LogP contribution in [0.25, 0.3) is 17.0 Å². The molecule has 0 saturated carbocycles. The van der Waals surface area contributed by atoms with Crippen molar-refractivity contribution in [3.63, 3.8) is 0 Å². The normalized spacial score (nSPS) is 10.9. The van der Waals surface area contributed by atoms with E-state index in [1.165, 1.54) is 11.3 Å². The Bertz CT molecular complexity index is 1080. The van der Waals surface area contributed by atoms with Gasteiger partial charge in [0.25, 0.3) is 5.91 Å². The Labute approximate surface area is 158 Å². The van der Waals surface area contributed by atoms with Gasteiger partial charge < -0.3 is 10.1 Å². The number of benzene rings is 1. The minimum Gasteiger partial charge on any atom is -0.475 e. The number of aromatic nitrogens is 5. The predicted molar refractivity (Wildman–Crippen MR) is 101 cm³/mol. The van der Waals surface area contributed by atoms with Gasteiger partial charge >= 0.3 is 0 Å². The number of carbonyl (C=O) groups excluding carboxylic acids is 1. The van der Waals surface area contributed by atoms with Crippen LogP contribution >= 0.6 is 11.3 Å². The van der Waals surface area contributed by atoms with E-state index in [1.54, 1.807) is 22.0 Å². The third-order valence-electron chi connectivity index (χ3n) is 3.76. The van der Waals surface area contributed by atoms with Gasteiger partial charge in [0.1, 0.15) is 12.3 Å². The first-order valence-corrected chi connectivity index (χ1v) is 9.20. The minimum atomic E-state index is -0.212. The lowest BCUT2D eigenvalue weighted by Gasteiger charge is -2.07. The third-order valence-corrected chi connectivity index (χ3v) is 4.53. The molecule has 4 rings (SSSR count). The van der Waals surface area contributed by atoms with E-state index in [1.807, 2.05) is 37.3 Å². The zero-order valence-electron chi connectivity index (χ0n) is 14.5. The topological polar surface area (TPSA) is 94.3 Å². The predicted octanol–water partition coefficient (Wildman–Crippen LogP) is 2.37. The van der Waals surface area contributed by atoms with Crippen molar-refractivity contribution in [3.8, 4) is 17.3 Å². The average Bonchev–Trinajstić information content (AvgIpc) is 3.32. The second-order valence-corrected chi connectivity index (χ2v) is 6.75. The van der Waals surface area contributed by atoms with Crippen LogP contribution in [0.3, 0.4) is 0 Å². The fraction of sp³-hybridized carbons (Fsp3) is 0.167. The van der Waals surface area contributed by atoms with E-state index in [0.717, 1.165) is 10.6 Å². The summed E-state index contributed by atoms with van der Waals surface area (Å²) in [5.74, 6) is 0.859. The van der Waals surface area contributed by atoms with Gasteiger partial charge in [0.15, 0.2) is 11.5 Å². The number of amides is 1. The Kier molecular flexibility index (Phi) is 4.75. The summed E-state index contributed by atoms with van der Waals surface area (Å²) in [7, 11) is 0. The molecule has 1 aromatic carbocycles. The van der Waals surface area contributed by atoms with E-state index in [0.29, 0.717) is 29.6 Å². The molecule has 27 heavy (non-hydrogen) atoms. The Morgan fingerprint density at radius 3 is 2.81 bits per heavy atom. The molecule has 4 aromatic rings. The summed E-state index contributed by atoms with van der Waals surface area (Å²) in [6, 6.07) is 13.2. The molecule has 136 valence electrons. The van der Waals surface area contributed by atoms with Gasteiger partial charge in [-0.3, -0.25) is 4.79 Å². The van der Waals surface area contributed by atoms with Gasteiger partial charge in [-0.1, -0.05) is 30.3 Å². The summed E-state index contributed by atoms with van der Waals surface area (Å²) in [6.45, 7) is 2.50.